The second kappa shape index (κ2) is 4.08. The fourth-order valence-electron chi connectivity index (χ4n) is 1.25. The molecule has 5 nitrogen and oxygen atoms in total. The van der Waals surface area contributed by atoms with Crippen molar-refractivity contribution in [1.82, 2.24) is 19.7 Å². The molecule has 2 aromatic rings. The van der Waals surface area contributed by atoms with Crippen LogP contribution in [0, 0.1) is 0 Å². The molecule has 0 spiro atoms. The van der Waals surface area contributed by atoms with Crippen molar-refractivity contribution in [3.63, 3.8) is 0 Å². The molecule has 0 aliphatic rings. The van der Waals surface area contributed by atoms with Gasteiger partial charge in [0, 0.05) is 18.6 Å². The van der Waals surface area contributed by atoms with Gasteiger partial charge in [0.2, 0.25) is 5.78 Å². The highest BCUT2D eigenvalue weighted by Gasteiger charge is 2.10. The fourth-order valence-corrected chi connectivity index (χ4v) is 1.57. The van der Waals surface area contributed by atoms with E-state index in [0.717, 1.165) is 4.47 Å². The minimum absolute atomic E-state index is 0.0425. The van der Waals surface area contributed by atoms with Crippen LogP contribution in [0.1, 0.15) is 10.5 Å². The van der Waals surface area contributed by atoms with Gasteiger partial charge in [-0.15, -0.1) is 0 Å². The van der Waals surface area contributed by atoms with Crippen LogP contribution in [0.3, 0.4) is 0 Å². The molecule has 0 bridgehead atoms. The molecule has 0 radical (unpaired) electrons. The molecule has 78 valence electrons. The van der Waals surface area contributed by atoms with Crippen LogP contribution in [0.2, 0.25) is 0 Å². The zero-order chi connectivity index (χ0) is 10.8. The minimum atomic E-state index is -0.0425. The number of imidazole rings is 1. The number of hydrogen-bond donors (Lipinski definition) is 1. The standard InChI is InChI=1S/C9H9BrN4O/c1-11-3-8(15)7-5-14-4-6(10)2-12-9(14)13-7/h2,4-5,11H,3H2,1H3. The third-order valence-corrected chi connectivity index (χ3v) is 2.31. The molecular weight excluding hydrogens is 260 g/mol. The van der Waals surface area contributed by atoms with E-state index in [9.17, 15) is 4.79 Å². The molecule has 0 saturated carbocycles. The first-order valence-electron chi connectivity index (χ1n) is 4.39. The molecule has 0 aliphatic heterocycles. The third kappa shape index (κ3) is 2.05. The molecule has 0 fully saturated rings. The van der Waals surface area contributed by atoms with Crippen molar-refractivity contribution in [2.75, 3.05) is 13.6 Å². The number of rotatable bonds is 3. The van der Waals surface area contributed by atoms with E-state index in [4.69, 9.17) is 0 Å². The summed E-state index contributed by atoms with van der Waals surface area (Å²) in [5.74, 6) is 0.483. The monoisotopic (exact) mass is 268 g/mol. The molecule has 1 N–H and O–H groups in total. The van der Waals surface area contributed by atoms with E-state index >= 15 is 0 Å². The highest BCUT2D eigenvalue weighted by Crippen LogP contribution is 2.09. The summed E-state index contributed by atoms with van der Waals surface area (Å²) in [6, 6.07) is 0. The van der Waals surface area contributed by atoms with E-state index in [1.165, 1.54) is 0 Å². The molecule has 0 aromatic carbocycles. The molecule has 2 heterocycles. The Balaban J connectivity index is 2.42. The highest BCUT2D eigenvalue weighted by molar-refractivity contribution is 9.10. The maximum absolute atomic E-state index is 11.5. The number of carbonyl (C=O) groups excluding carboxylic acids is 1. The van der Waals surface area contributed by atoms with Gasteiger partial charge in [0.25, 0.3) is 0 Å². The van der Waals surface area contributed by atoms with Crippen molar-refractivity contribution in [2.45, 2.75) is 0 Å². The minimum Gasteiger partial charge on any atom is -0.313 e. The van der Waals surface area contributed by atoms with Gasteiger partial charge in [0.05, 0.1) is 11.0 Å². The number of carbonyl (C=O) groups is 1. The van der Waals surface area contributed by atoms with Crippen molar-refractivity contribution in [1.29, 1.82) is 0 Å². The summed E-state index contributed by atoms with van der Waals surface area (Å²) in [5, 5.41) is 2.79. The molecule has 2 aromatic heterocycles. The van der Waals surface area contributed by atoms with Gasteiger partial charge in [-0.25, -0.2) is 9.97 Å². The number of likely N-dealkylation sites (N-methyl/N-ethyl adjacent to an activating group) is 1. The van der Waals surface area contributed by atoms with E-state index < -0.39 is 0 Å². The first kappa shape index (κ1) is 10.3. The lowest BCUT2D eigenvalue weighted by Crippen LogP contribution is -2.18. The summed E-state index contributed by atoms with van der Waals surface area (Å²) < 4.78 is 2.56. The average molecular weight is 269 g/mol. The van der Waals surface area contributed by atoms with Crippen LogP contribution in [-0.2, 0) is 0 Å². The zero-order valence-electron chi connectivity index (χ0n) is 8.07. The van der Waals surface area contributed by atoms with E-state index in [1.54, 1.807) is 23.8 Å². The molecule has 0 saturated heterocycles. The Labute approximate surface area is 94.7 Å². The number of hydrogen-bond acceptors (Lipinski definition) is 4. The van der Waals surface area contributed by atoms with E-state index in [1.807, 2.05) is 6.20 Å². The second-order valence-electron chi connectivity index (χ2n) is 3.06. The molecule has 6 heteroatoms. The second-order valence-corrected chi connectivity index (χ2v) is 3.97. The summed E-state index contributed by atoms with van der Waals surface area (Å²) in [6.07, 6.45) is 5.13. The third-order valence-electron chi connectivity index (χ3n) is 1.90. The number of nitrogens with zero attached hydrogens (tertiary/aromatic N) is 3. The van der Waals surface area contributed by atoms with Crippen LogP contribution in [0.4, 0.5) is 0 Å². The Morgan fingerprint density at radius 1 is 1.60 bits per heavy atom. The highest BCUT2D eigenvalue weighted by atomic mass is 79.9. The number of Topliss-reactive ketones (excluding diaryl/α,β-unsaturated/α-hetero) is 1. The Hall–Kier alpha value is -1.27. The van der Waals surface area contributed by atoms with Crippen LogP contribution in [-0.4, -0.2) is 33.7 Å². The lowest BCUT2D eigenvalue weighted by atomic mass is 10.3. The lowest BCUT2D eigenvalue weighted by Gasteiger charge is -1.92. The topological polar surface area (TPSA) is 59.3 Å². The number of nitrogens with one attached hydrogen (secondary N) is 1. The summed E-state index contributed by atoms with van der Waals surface area (Å²) in [5.41, 5.74) is 0.426. The number of aromatic nitrogens is 3. The van der Waals surface area contributed by atoms with Crippen molar-refractivity contribution >= 4 is 27.5 Å². The van der Waals surface area contributed by atoms with E-state index in [-0.39, 0.29) is 12.3 Å². The lowest BCUT2D eigenvalue weighted by molar-refractivity contribution is 0.0989. The van der Waals surface area contributed by atoms with Crippen molar-refractivity contribution in [2.24, 2.45) is 0 Å². The Morgan fingerprint density at radius 2 is 2.40 bits per heavy atom. The predicted molar refractivity (Wildman–Crippen MR) is 58.9 cm³/mol. The van der Waals surface area contributed by atoms with Crippen molar-refractivity contribution < 1.29 is 4.79 Å². The SMILES string of the molecule is CNCC(=O)c1cn2cc(Br)cnc2n1. The molecule has 15 heavy (non-hydrogen) atoms. The molecular formula is C9H9BrN4O. The molecule has 0 atom stereocenters. The van der Waals surface area contributed by atoms with E-state index in [2.05, 4.69) is 31.2 Å². The molecule has 0 unspecified atom stereocenters. The maximum Gasteiger partial charge on any atom is 0.234 e. The molecule has 2 rings (SSSR count). The van der Waals surface area contributed by atoms with Crippen LogP contribution in [0.15, 0.2) is 23.1 Å². The van der Waals surface area contributed by atoms with Gasteiger partial charge in [0.1, 0.15) is 5.69 Å². The van der Waals surface area contributed by atoms with Gasteiger partial charge in [-0.05, 0) is 23.0 Å². The number of ketones is 1. The largest absolute Gasteiger partial charge is 0.313 e. The van der Waals surface area contributed by atoms with Crippen LogP contribution >= 0.6 is 15.9 Å². The van der Waals surface area contributed by atoms with Gasteiger partial charge in [-0.2, -0.15) is 0 Å². The maximum atomic E-state index is 11.5. The van der Waals surface area contributed by atoms with Crippen LogP contribution < -0.4 is 5.32 Å². The summed E-state index contributed by atoms with van der Waals surface area (Å²) in [4.78, 5) is 19.7. The fraction of sp³-hybridized carbons (Fsp3) is 0.222. The quantitative estimate of drug-likeness (QED) is 0.841. The first-order chi connectivity index (χ1) is 7.20. The average Bonchev–Trinajstić information content (AvgIpc) is 2.60. The zero-order valence-corrected chi connectivity index (χ0v) is 9.65. The molecule has 0 aliphatic carbocycles. The van der Waals surface area contributed by atoms with Gasteiger partial charge >= 0.3 is 0 Å². The van der Waals surface area contributed by atoms with E-state index in [0.29, 0.717) is 11.5 Å². The Kier molecular flexibility index (Phi) is 2.79. The number of fused-ring (bicyclic) bond motifs is 1. The van der Waals surface area contributed by atoms with Crippen molar-refractivity contribution in [3.05, 3.63) is 28.8 Å². The summed E-state index contributed by atoms with van der Waals surface area (Å²) in [6.45, 7) is 0.283. The summed E-state index contributed by atoms with van der Waals surface area (Å²) in [7, 11) is 1.72. The van der Waals surface area contributed by atoms with Gasteiger partial charge in [0.15, 0.2) is 5.78 Å². The summed E-state index contributed by atoms with van der Waals surface area (Å²) >= 11 is 3.30. The van der Waals surface area contributed by atoms with Crippen molar-refractivity contribution in [3.8, 4) is 0 Å². The van der Waals surface area contributed by atoms with Crippen LogP contribution in [0.5, 0.6) is 0 Å². The van der Waals surface area contributed by atoms with Crippen LogP contribution in [0.25, 0.3) is 5.78 Å². The Bertz CT molecular complexity index is 508. The number of halogens is 1. The normalized spacial score (nSPS) is 10.8. The van der Waals surface area contributed by atoms with Gasteiger partial charge in [-0.1, -0.05) is 0 Å². The smallest absolute Gasteiger partial charge is 0.234 e. The predicted octanol–water partition coefficient (Wildman–Crippen LogP) is 0.894. The van der Waals surface area contributed by atoms with Gasteiger partial charge in [-0.3, -0.25) is 9.20 Å². The first-order valence-corrected chi connectivity index (χ1v) is 5.18. The molecule has 0 amide bonds. The Morgan fingerprint density at radius 3 is 3.13 bits per heavy atom. The van der Waals surface area contributed by atoms with Gasteiger partial charge < -0.3 is 5.32 Å².